The topological polar surface area (TPSA) is 41.5 Å². The zero-order valence-electron chi connectivity index (χ0n) is 13.1. The standard InChI is InChI=1S/C16H33NO2/c1-14(2)17-16(3,13-18)10-7-11-19-12-15-8-5-4-6-9-15/h14-15,17-18H,4-13H2,1-3H3. The summed E-state index contributed by atoms with van der Waals surface area (Å²) in [5.74, 6) is 0.798. The van der Waals surface area contributed by atoms with Crippen molar-refractivity contribution < 1.29 is 9.84 Å². The Morgan fingerprint density at radius 3 is 2.53 bits per heavy atom. The van der Waals surface area contributed by atoms with Crippen LogP contribution in [0.5, 0.6) is 0 Å². The summed E-state index contributed by atoms with van der Waals surface area (Å²) in [6, 6.07) is 0.403. The molecule has 2 N–H and O–H groups in total. The first kappa shape index (κ1) is 16.9. The van der Waals surface area contributed by atoms with E-state index in [9.17, 15) is 5.11 Å². The van der Waals surface area contributed by atoms with Crippen molar-refractivity contribution in [3.05, 3.63) is 0 Å². The first-order valence-electron chi connectivity index (χ1n) is 8.02. The first-order chi connectivity index (χ1) is 9.06. The monoisotopic (exact) mass is 271 g/mol. The lowest BCUT2D eigenvalue weighted by atomic mass is 9.90. The summed E-state index contributed by atoms with van der Waals surface area (Å²) in [7, 11) is 0. The summed E-state index contributed by atoms with van der Waals surface area (Å²) in [4.78, 5) is 0. The number of ether oxygens (including phenoxy) is 1. The van der Waals surface area contributed by atoms with E-state index in [-0.39, 0.29) is 12.1 Å². The van der Waals surface area contributed by atoms with Gasteiger partial charge in [0.15, 0.2) is 0 Å². The van der Waals surface area contributed by atoms with E-state index < -0.39 is 0 Å². The maximum absolute atomic E-state index is 9.49. The Morgan fingerprint density at radius 2 is 1.95 bits per heavy atom. The van der Waals surface area contributed by atoms with Gasteiger partial charge in [0.2, 0.25) is 0 Å². The third kappa shape index (κ3) is 7.28. The number of hydrogen-bond donors (Lipinski definition) is 2. The molecule has 0 spiro atoms. The van der Waals surface area contributed by atoms with Crippen molar-refractivity contribution in [3.8, 4) is 0 Å². The molecule has 0 aromatic carbocycles. The van der Waals surface area contributed by atoms with Gasteiger partial charge in [0.1, 0.15) is 0 Å². The third-order valence-electron chi connectivity index (χ3n) is 4.08. The van der Waals surface area contributed by atoms with Gasteiger partial charge in [-0.05, 0) is 38.5 Å². The zero-order valence-corrected chi connectivity index (χ0v) is 13.1. The molecule has 0 amide bonds. The SMILES string of the molecule is CC(C)NC(C)(CO)CCCOCC1CCCCC1. The van der Waals surface area contributed by atoms with Gasteiger partial charge in [-0.1, -0.05) is 33.1 Å². The highest BCUT2D eigenvalue weighted by atomic mass is 16.5. The van der Waals surface area contributed by atoms with Crippen LogP contribution in [0.3, 0.4) is 0 Å². The minimum Gasteiger partial charge on any atom is -0.394 e. The molecule has 3 heteroatoms. The van der Waals surface area contributed by atoms with Crippen molar-refractivity contribution in [1.82, 2.24) is 5.32 Å². The molecule has 114 valence electrons. The minimum atomic E-state index is -0.164. The fourth-order valence-corrected chi connectivity index (χ4v) is 3.06. The van der Waals surface area contributed by atoms with Gasteiger partial charge >= 0.3 is 0 Å². The van der Waals surface area contributed by atoms with Crippen LogP contribution in [-0.4, -0.2) is 36.5 Å². The molecule has 1 aliphatic carbocycles. The molecular weight excluding hydrogens is 238 g/mol. The van der Waals surface area contributed by atoms with E-state index in [0.717, 1.165) is 32.0 Å². The minimum absolute atomic E-state index is 0.164. The van der Waals surface area contributed by atoms with Crippen LogP contribution >= 0.6 is 0 Å². The summed E-state index contributed by atoms with van der Waals surface area (Å²) < 4.78 is 5.81. The van der Waals surface area contributed by atoms with Gasteiger partial charge in [0.25, 0.3) is 0 Å². The molecule has 0 heterocycles. The molecule has 3 nitrogen and oxygen atoms in total. The molecule has 1 unspecified atom stereocenters. The number of hydrogen-bond acceptors (Lipinski definition) is 3. The Hall–Kier alpha value is -0.120. The normalized spacial score (nSPS) is 20.7. The lowest BCUT2D eigenvalue weighted by Crippen LogP contribution is -2.49. The highest BCUT2D eigenvalue weighted by Crippen LogP contribution is 2.23. The highest BCUT2D eigenvalue weighted by molar-refractivity contribution is 4.83. The van der Waals surface area contributed by atoms with Gasteiger partial charge in [0.05, 0.1) is 6.61 Å². The van der Waals surface area contributed by atoms with Crippen LogP contribution < -0.4 is 5.32 Å². The highest BCUT2D eigenvalue weighted by Gasteiger charge is 2.23. The molecule has 0 saturated heterocycles. The Bertz CT molecular complexity index is 227. The second-order valence-electron chi connectivity index (χ2n) is 6.70. The summed E-state index contributed by atoms with van der Waals surface area (Å²) in [6.45, 7) is 8.28. The quantitative estimate of drug-likeness (QED) is 0.633. The molecule has 1 fully saturated rings. The Kier molecular flexibility index (Phi) is 7.96. The molecule has 1 saturated carbocycles. The van der Waals surface area contributed by atoms with Gasteiger partial charge in [-0.2, -0.15) is 0 Å². The Labute approximate surface area is 119 Å². The molecule has 19 heavy (non-hydrogen) atoms. The maximum Gasteiger partial charge on any atom is 0.0610 e. The van der Waals surface area contributed by atoms with E-state index in [0.29, 0.717) is 6.04 Å². The predicted molar refractivity (Wildman–Crippen MR) is 80.4 cm³/mol. The Balaban J connectivity index is 2.08. The van der Waals surface area contributed by atoms with E-state index in [4.69, 9.17) is 4.74 Å². The van der Waals surface area contributed by atoms with E-state index in [1.165, 1.54) is 32.1 Å². The van der Waals surface area contributed by atoms with Crippen molar-refractivity contribution in [1.29, 1.82) is 0 Å². The largest absolute Gasteiger partial charge is 0.394 e. The fourth-order valence-electron chi connectivity index (χ4n) is 3.06. The number of rotatable bonds is 9. The molecule has 0 aromatic rings. The van der Waals surface area contributed by atoms with E-state index in [1.54, 1.807) is 0 Å². The van der Waals surface area contributed by atoms with E-state index in [1.807, 2.05) is 0 Å². The Morgan fingerprint density at radius 1 is 1.26 bits per heavy atom. The average molecular weight is 271 g/mol. The van der Waals surface area contributed by atoms with Crippen LogP contribution in [0.1, 0.15) is 65.7 Å². The molecule has 1 rings (SSSR count). The van der Waals surface area contributed by atoms with Crippen molar-refractivity contribution in [2.75, 3.05) is 19.8 Å². The van der Waals surface area contributed by atoms with Crippen LogP contribution in [0, 0.1) is 5.92 Å². The lowest BCUT2D eigenvalue weighted by Gasteiger charge is -2.31. The average Bonchev–Trinajstić information content (AvgIpc) is 2.39. The fraction of sp³-hybridized carbons (Fsp3) is 1.00. The van der Waals surface area contributed by atoms with Gasteiger partial charge in [-0.3, -0.25) is 0 Å². The number of aliphatic hydroxyl groups is 1. The van der Waals surface area contributed by atoms with Crippen LogP contribution in [0.15, 0.2) is 0 Å². The van der Waals surface area contributed by atoms with E-state index in [2.05, 4.69) is 26.1 Å². The summed E-state index contributed by atoms with van der Waals surface area (Å²) in [6.07, 6.45) is 8.86. The number of nitrogens with one attached hydrogen (secondary N) is 1. The van der Waals surface area contributed by atoms with Gasteiger partial charge in [-0.25, -0.2) is 0 Å². The predicted octanol–water partition coefficient (Wildman–Crippen LogP) is 3.11. The maximum atomic E-state index is 9.49. The summed E-state index contributed by atoms with van der Waals surface area (Å²) in [5.41, 5.74) is -0.164. The molecule has 0 radical (unpaired) electrons. The number of aliphatic hydroxyl groups excluding tert-OH is 1. The molecule has 0 aromatic heterocycles. The second kappa shape index (κ2) is 8.93. The van der Waals surface area contributed by atoms with Crippen LogP contribution in [0.4, 0.5) is 0 Å². The van der Waals surface area contributed by atoms with Crippen molar-refractivity contribution >= 4 is 0 Å². The van der Waals surface area contributed by atoms with Gasteiger partial charge in [0, 0.05) is 24.8 Å². The molecule has 0 bridgehead atoms. The van der Waals surface area contributed by atoms with Crippen LogP contribution in [0.25, 0.3) is 0 Å². The summed E-state index contributed by atoms with van der Waals surface area (Å²) >= 11 is 0. The second-order valence-corrected chi connectivity index (χ2v) is 6.70. The molecular formula is C16H33NO2. The van der Waals surface area contributed by atoms with Crippen LogP contribution in [0.2, 0.25) is 0 Å². The van der Waals surface area contributed by atoms with Gasteiger partial charge in [-0.15, -0.1) is 0 Å². The van der Waals surface area contributed by atoms with E-state index >= 15 is 0 Å². The van der Waals surface area contributed by atoms with Crippen molar-refractivity contribution in [2.24, 2.45) is 5.92 Å². The zero-order chi connectivity index (χ0) is 14.1. The first-order valence-corrected chi connectivity index (χ1v) is 8.02. The smallest absolute Gasteiger partial charge is 0.0610 e. The van der Waals surface area contributed by atoms with Crippen molar-refractivity contribution in [2.45, 2.75) is 77.3 Å². The lowest BCUT2D eigenvalue weighted by molar-refractivity contribution is 0.0729. The van der Waals surface area contributed by atoms with Crippen molar-refractivity contribution in [3.63, 3.8) is 0 Å². The molecule has 1 atom stereocenters. The van der Waals surface area contributed by atoms with Crippen LogP contribution in [-0.2, 0) is 4.74 Å². The molecule has 1 aliphatic rings. The molecule has 0 aliphatic heterocycles. The van der Waals surface area contributed by atoms with Gasteiger partial charge < -0.3 is 15.2 Å². The summed E-state index contributed by atoms with van der Waals surface area (Å²) in [5, 5.41) is 12.9. The third-order valence-corrected chi connectivity index (χ3v) is 4.08.